The highest BCUT2D eigenvalue weighted by molar-refractivity contribution is 9.10. The number of carbonyl (C=O) groups excluding carboxylic acids is 1. The highest BCUT2D eigenvalue weighted by atomic mass is 79.9. The number of benzene rings is 1. The zero-order valence-electron chi connectivity index (χ0n) is 11.3. The molecule has 4 nitrogen and oxygen atoms in total. The first-order chi connectivity index (χ1) is 9.70. The summed E-state index contributed by atoms with van der Waals surface area (Å²) in [7, 11) is 0. The summed E-state index contributed by atoms with van der Waals surface area (Å²) in [5.41, 5.74) is 0. The lowest BCUT2D eigenvalue weighted by Gasteiger charge is -2.44. The van der Waals surface area contributed by atoms with Gasteiger partial charge in [-0.05, 0) is 56.1 Å². The maximum Gasteiger partial charge on any atom is 0.258 e. The minimum absolute atomic E-state index is 0.0216. The second kappa shape index (κ2) is 6.14. The van der Waals surface area contributed by atoms with E-state index in [1.807, 2.05) is 24.3 Å². The van der Waals surface area contributed by atoms with Crippen LogP contribution in [0, 0.1) is 5.92 Å². The Morgan fingerprint density at radius 3 is 2.60 bits per heavy atom. The number of amides is 1. The lowest BCUT2D eigenvalue weighted by molar-refractivity contribution is -0.125. The lowest BCUT2D eigenvalue weighted by Crippen LogP contribution is -2.57. The van der Waals surface area contributed by atoms with Gasteiger partial charge in [-0.3, -0.25) is 4.79 Å². The second-order valence-corrected chi connectivity index (χ2v) is 6.47. The van der Waals surface area contributed by atoms with Crippen LogP contribution in [-0.4, -0.2) is 43.1 Å². The molecule has 108 valence electrons. The molecule has 3 fully saturated rings. The minimum Gasteiger partial charge on any atom is -0.484 e. The monoisotopic (exact) mass is 338 g/mol. The van der Waals surface area contributed by atoms with Crippen LogP contribution in [0.15, 0.2) is 28.7 Å². The molecule has 5 heteroatoms. The molecular weight excluding hydrogens is 320 g/mol. The van der Waals surface area contributed by atoms with Gasteiger partial charge in [-0.1, -0.05) is 15.9 Å². The van der Waals surface area contributed by atoms with Crippen LogP contribution in [0.3, 0.4) is 0 Å². The number of carbonyl (C=O) groups is 1. The molecular formula is C15H19BrN2O2. The van der Waals surface area contributed by atoms with Gasteiger partial charge in [-0.15, -0.1) is 0 Å². The highest BCUT2D eigenvalue weighted by Gasteiger charge is 2.34. The number of piperidine rings is 3. The number of halogens is 1. The summed E-state index contributed by atoms with van der Waals surface area (Å²) in [6, 6.07) is 7.82. The van der Waals surface area contributed by atoms with E-state index in [2.05, 4.69) is 26.1 Å². The largest absolute Gasteiger partial charge is 0.484 e. The Balaban J connectivity index is 1.46. The van der Waals surface area contributed by atoms with Crippen LogP contribution in [0.5, 0.6) is 5.75 Å². The number of nitrogens with zero attached hydrogens (tertiary/aromatic N) is 1. The van der Waals surface area contributed by atoms with Crippen LogP contribution in [-0.2, 0) is 4.79 Å². The van der Waals surface area contributed by atoms with Crippen LogP contribution < -0.4 is 10.1 Å². The molecule has 3 heterocycles. The Kier molecular flexibility index (Phi) is 4.27. The Hall–Kier alpha value is -1.07. The zero-order valence-corrected chi connectivity index (χ0v) is 12.9. The first kappa shape index (κ1) is 13.9. The van der Waals surface area contributed by atoms with E-state index >= 15 is 0 Å². The molecule has 0 saturated carbocycles. The Labute approximate surface area is 127 Å². The third kappa shape index (κ3) is 3.33. The smallest absolute Gasteiger partial charge is 0.258 e. The standard InChI is InChI=1S/C15H19BrN2O2/c16-12-1-3-13(4-2-12)20-10-15(19)17-14-9-18-7-5-11(14)6-8-18/h1-4,11,14H,5-10H2,(H,17,19). The van der Waals surface area contributed by atoms with Crippen LogP contribution in [0.2, 0.25) is 0 Å². The number of nitrogens with one attached hydrogen (secondary N) is 1. The molecule has 0 aliphatic carbocycles. The van der Waals surface area contributed by atoms with E-state index in [1.165, 1.54) is 25.9 Å². The van der Waals surface area contributed by atoms with Crippen molar-refractivity contribution in [2.45, 2.75) is 18.9 Å². The van der Waals surface area contributed by atoms with Crippen molar-refractivity contribution in [3.63, 3.8) is 0 Å². The summed E-state index contributed by atoms with van der Waals surface area (Å²) in [5, 5.41) is 3.12. The first-order valence-electron chi connectivity index (χ1n) is 7.11. The van der Waals surface area contributed by atoms with Gasteiger partial charge < -0.3 is 15.0 Å². The van der Waals surface area contributed by atoms with Gasteiger partial charge in [-0.2, -0.15) is 0 Å². The molecule has 3 saturated heterocycles. The molecule has 1 atom stereocenters. The average molecular weight is 339 g/mol. The molecule has 1 aromatic carbocycles. The fourth-order valence-corrected chi connectivity index (χ4v) is 3.32. The second-order valence-electron chi connectivity index (χ2n) is 5.55. The number of hydrogen-bond acceptors (Lipinski definition) is 3. The van der Waals surface area contributed by atoms with Gasteiger partial charge in [0.1, 0.15) is 5.75 Å². The molecule has 3 aliphatic heterocycles. The van der Waals surface area contributed by atoms with E-state index in [4.69, 9.17) is 4.74 Å². The zero-order chi connectivity index (χ0) is 13.9. The number of fused-ring (bicyclic) bond motifs is 3. The maximum atomic E-state index is 12.0. The van der Waals surface area contributed by atoms with Crippen molar-refractivity contribution in [2.24, 2.45) is 5.92 Å². The van der Waals surface area contributed by atoms with Gasteiger partial charge in [0.25, 0.3) is 5.91 Å². The molecule has 20 heavy (non-hydrogen) atoms. The summed E-state index contributed by atoms with van der Waals surface area (Å²) < 4.78 is 6.50. The van der Waals surface area contributed by atoms with Gasteiger partial charge >= 0.3 is 0 Å². The normalized spacial score (nSPS) is 28.1. The van der Waals surface area contributed by atoms with Gasteiger partial charge in [-0.25, -0.2) is 0 Å². The third-order valence-electron chi connectivity index (χ3n) is 4.19. The van der Waals surface area contributed by atoms with E-state index < -0.39 is 0 Å². The molecule has 0 aromatic heterocycles. The fraction of sp³-hybridized carbons (Fsp3) is 0.533. The number of ether oxygens (including phenoxy) is 1. The Bertz CT molecular complexity index is 469. The SMILES string of the molecule is O=C(COc1ccc(Br)cc1)NC1CN2CCC1CC2. The van der Waals surface area contributed by atoms with Gasteiger partial charge in [0, 0.05) is 17.1 Å². The quantitative estimate of drug-likeness (QED) is 0.913. The Morgan fingerprint density at radius 1 is 1.30 bits per heavy atom. The van der Waals surface area contributed by atoms with Crippen molar-refractivity contribution in [1.29, 1.82) is 0 Å². The van der Waals surface area contributed by atoms with Crippen molar-refractivity contribution in [1.82, 2.24) is 10.2 Å². The summed E-state index contributed by atoms with van der Waals surface area (Å²) >= 11 is 3.37. The van der Waals surface area contributed by atoms with Gasteiger partial charge in [0.2, 0.25) is 0 Å². The fourth-order valence-electron chi connectivity index (χ4n) is 3.06. The van der Waals surface area contributed by atoms with E-state index in [-0.39, 0.29) is 12.5 Å². The van der Waals surface area contributed by atoms with Crippen molar-refractivity contribution in [2.75, 3.05) is 26.2 Å². The first-order valence-corrected chi connectivity index (χ1v) is 7.90. The van der Waals surface area contributed by atoms with Crippen LogP contribution in [0.4, 0.5) is 0 Å². The predicted octanol–water partition coefficient (Wildman–Crippen LogP) is 2.04. The molecule has 0 spiro atoms. The average Bonchev–Trinajstić information content (AvgIpc) is 2.48. The summed E-state index contributed by atoms with van der Waals surface area (Å²) in [6.07, 6.45) is 2.41. The summed E-state index contributed by atoms with van der Waals surface area (Å²) in [6.45, 7) is 3.46. The van der Waals surface area contributed by atoms with Crippen LogP contribution in [0.25, 0.3) is 0 Å². The third-order valence-corrected chi connectivity index (χ3v) is 4.71. The summed E-state index contributed by atoms with van der Waals surface area (Å²) in [5.74, 6) is 1.35. The molecule has 2 bridgehead atoms. The molecule has 3 aliphatic rings. The summed E-state index contributed by atoms with van der Waals surface area (Å²) in [4.78, 5) is 14.4. The lowest BCUT2D eigenvalue weighted by atomic mass is 9.84. The molecule has 1 amide bonds. The van der Waals surface area contributed by atoms with E-state index in [0.717, 1.165) is 16.8 Å². The number of rotatable bonds is 4. The predicted molar refractivity (Wildman–Crippen MR) is 80.7 cm³/mol. The maximum absolute atomic E-state index is 12.0. The Morgan fingerprint density at radius 2 is 2.00 bits per heavy atom. The molecule has 4 rings (SSSR count). The van der Waals surface area contributed by atoms with E-state index in [0.29, 0.717) is 12.0 Å². The van der Waals surface area contributed by atoms with Crippen molar-refractivity contribution >= 4 is 21.8 Å². The van der Waals surface area contributed by atoms with Crippen molar-refractivity contribution in [3.8, 4) is 5.75 Å². The van der Waals surface area contributed by atoms with Crippen molar-refractivity contribution in [3.05, 3.63) is 28.7 Å². The molecule has 1 N–H and O–H groups in total. The van der Waals surface area contributed by atoms with Crippen LogP contribution in [0.1, 0.15) is 12.8 Å². The molecule has 1 aromatic rings. The van der Waals surface area contributed by atoms with E-state index in [9.17, 15) is 4.79 Å². The minimum atomic E-state index is -0.0216. The van der Waals surface area contributed by atoms with Gasteiger partial charge in [0.15, 0.2) is 6.61 Å². The van der Waals surface area contributed by atoms with Gasteiger partial charge in [0.05, 0.1) is 0 Å². The molecule has 1 unspecified atom stereocenters. The van der Waals surface area contributed by atoms with E-state index in [1.54, 1.807) is 0 Å². The van der Waals surface area contributed by atoms with Crippen molar-refractivity contribution < 1.29 is 9.53 Å². The van der Waals surface area contributed by atoms with Crippen LogP contribution >= 0.6 is 15.9 Å². The topological polar surface area (TPSA) is 41.6 Å². The molecule has 0 radical (unpaired) electrons. The highest BCUT2D eigenvalue weighted by Crippen LogP contribution is 2.27. The number of hydrogen-bond donors (Lipinski definition) is 1.